The highest BCUT2D eigenvalue weighted by molar-refractivity contribution is 7.26. The number of nitrogens with zero attached hydrogens (tertiary/aromatic N) is 2. The lowest BCUT2D eigenvalue weighted by molar-refractivity contribution is 1.19. The molecule has 0 bridgehead atoms. The third-order valence-electron chi connectivity index (χ3n) is 11.7. The van der Waals surface area contributed by atoms with Crippen LogP contribution >= 0.6 is 11.3 Å². The Kier molecular flexibility index (Phi) is 7.13. The molecule has 12 rings (SSSR count). The minimum absolute atomic E-state index is 1.12. The molecule has 0 amide bonds. The Bertz CT molecular complexity index is 3530. The van der Waals surface area contributed by atoms with E-state index in [2.05, 4.69) is 216 Å². The van der Waals surface area contributed by atoms with Crippen LogP contribution in [0.25, 0.3) is 91.1 Å². The fourth-order valence-corrected chi connectivity index (χ4v) is 10.3. The summed E-state index contributed by atoms with van der Waals surface area (Å²) < 4.78 is 4.99. The highest BCUT2D eigenvalue weighted by atomic mass is 32.1. The maximum absolute atomic E-state index is 2.48. The highest BCUT2D eigenvalue weighted by Gasteiger charge is 2.21. The monoisotopic (exact) mass is 742 g/mol. The first-order valence-corrected chi connectivity index (χ1v) is 20.3. The van der Waals surface area contributed by atoms with Gasteiger partial charge in [0.25, 0.3) is 0 Å². The average Bonchev–Trinajstić information content (AvgIpc) is 3.83. The van der Waals surface area contributed by atoms with Gasteiger partial charge in [-0.05, 0) is 98.7 Å². The number of rotatable bonds is 5. The predicted molar refractivity (Wildman–Crippen MR) is 246 cm³/mol. The molecule has 0 aliphatic heterocycles. The van der Waals surface area contributed by atoms with E-state index in [1.54, 1.807) is 0 Å². The predicted octanol–water partition coefficient (Wildman–Crippen LogP) is 15.7. The number of fused-ring (bicyclic) bond motifs is 10. The molecule has 2 heterocycles. The Hall–Kier alpha value is -7.20. The van der Waals surface area contributed by atoms with Crippen LogP contribution in [0.2, 0.25) is 0 Å². The third-order valence-corrected chi connectivity index (χ3v) is 12.9. The smallest absolute Gasteiger partial charge is 0.0640 e. The van der Waals surface area contributed by atoms with Crippen LogP contribution < -0.4 is 4.90 Å². The average molecular weight is 743 g/mol. The first-order valence-electron chi connectivity index (χ1n) is 19.5. The van der Waals surface area contributed by atoms with Crippen LogP contribution in [0.4, 0.5) is 17.1 Å². The molecular weight excluding hydrogens is 709 g/mol. The van der Waals surface area contributed by atoms with E-state index in [1.165, 1.54) is 102 Å². The van der Waals surface area contributed by atoms with E-state index < -0.39 is 0 Å². The number of hydrogen-bond acceptors (Lipinski definition) is 2. The summed E-state index contributed by atoms with van der Waals surface area (Å²) in [5.74, 6) is 0. The number of anilines is 3. The van der Waals surface area contributed by atoms with Gasteiger partial charge in [0, 0.05) is 43.0 Å². The van der Waals surface area contributed by atoms with Crippen molar-refractivity contribution in [3.8, 4) is 16.8 Å². The quantitative estimate of drug-likeness (QED) is 0.159. The maximum atomic E-state index is 2.48. The maximum Gasteiger partial charge on any atom is 0.0640 e. The molecule has 0 fully saturated rings. The summed E-state index contributed by atoms with van der Waals surface area (Å²) in [5.41, 5.74) is 9.46. The zero-order chi connectivity index (χ0) is 37.5. The molecule has 0 N–H and O–H groups in total. The van der Waals surface area contributed by atoms with Crippen LogP contribution in [0.3, 0.4) is 0 Å². The Labute approximate surface area is 333 Å². The molecule has 2 aromatic heterocycles. The molecule has 0 saturated heterocycles. The molecule has 0 aliphatic carbocycles. The first kappa shape index (κ1) is 32.1. The van der Waals surface area contributed by atoms with Gasteiger partial charge in [0.1, 0.15) is 0 Å². The fraction of sp³-hybridized carbons (Fsp3) is 0. The van der Waals surface area contributed by atoms with Crippen molar-refractivity contribution in [2.75, 3.05) is 4.90 Å². The van der Waals surface area contributed by atoms with E-state index in [-0.39, 0.29) is 0 Å². The molecule has 3 heteroatoms. The number of para-hydroxylation sites is 1. The molecule has 57 heavy (non-hydrogen) atoms. The zero-order valence-corrected chi connectivity index (χ0v) is 31.7. The summed E-state index contributed by atoms with van der Waals surface area (Å²) in [6.07, 6.45) is 0. The lowest BCUT2D eigenvalue weighted by Crippen LogP contribution is -2.10. The molecule has 0 radical (unpaired) electrons. The number of thiophene rings is 1. The minimum Gasteiger partial charge on any atom is -0.309 e. The Morgan fingerprint density at radius 3 is 1.86 bits per heavy atom. The van der Waals surface area contributed by atoms with Gasteiger partial charge in [-0.1, -0.05) is 146 Å². The summed E-state index contributed by atoms with van der Waals surface area (Å²) in [5, 5.41) is 12.6. The summed E-state index contributed by atoms with van der Waals surface area (Å²) >= 11 is 1.87. The van der Waals surface area contributed by atoms with Gasteiger partial charge >= 0.3 is 0 Å². The molecule has 2 nitrogen and oxygen atoms in total. The van der Waals surface area contributed by atoms with Crippen LogP contribution in [0.1, 0.15) is 0 Å². The van der Waals surface area contributed by atoms with Crippen molar-refractivity contribution in [1.29, 1.82) is 0 Å². The van der Waals surface area contributed by atoms with Gasteiger partial charge in [-0.2, -0.15) is 0 Å². The Morgan fingerprint density at radius 2 is 1.00 bits per heavy atom. The van der Waals surface area contributed by atoms with Crippen molar-refractivity contribution in [1.82, 2.24) is 4.57 Å². The molecule has 0 saturated carbocycles. The van der Waals surface area contributed by atoms with Crippen LogP contribution in [-0.4, -0.2) is 4.57 Å². The standard InChI is InChI=1S/C54H34N2S/c1-2-13-37-32-41(30-26-35(37)12-1)56-49-21-9-7-18-45(49)48-33-38(27-31-50(48)56)36-24-28-40(29-25-36)55(51-22-11-20-47-46-19-8-10-23-53(46)57-54(47)51)52-34-39-14-3-4-15-42(39)43-16-5-6-17-44(43)52/h1-34H. The van der Waals surface area contributed by atoms with Gasteiger partial charge in [0.15, 0.2) is 0 Å². The van der Waals surface area contributed by atoms with Crippen molar-refractivity contribution in [3.05, 3.63) is 206 Å². The highest BCUT2D eigenvalue weighted by Crippen LogP contribution is 2.48. The molecule has 0 spiro atoms. The SMILES string of the molecule is c1ccc2cc(-n3c4ccccc4c4cc(-c5ccc(N(c6cc7ccccc7c7ccccc67)c6cccc7c6sc6ccccc67)cc5)ccc43)ccc2c1. The van der Waals surface area contributed by atoms with Gasteiger partial charge in [0.2, 0.25) is 0 Å². The molecular formula is C54H34N2S. The van der Waals surface area contributed by atoms with Gasteiger partial charge < -0.3 is 9.47 Å². The molecule has 266 valence electrons. The van der Waals surface area contributed by atoms with E-state index in [0.29, 0.717) is 0 Å². The van der Waals surface area contributed by atoms with Crippen molar-refractivity contribution < 1.29 is 0 Å². The summed E-state index contributed by atoms with van der Waals surface area (Å²) in [6.45, 7) is 0. The van der Waals surface area contributed by atoms with Gasteiger partial charge in [-0.25, -0.2) is 0 Å². The fourth-order valence-electron chi connectivity index (χ4n) is 9.09. The summed E-state index contributed by atoms with van der Waals surface area (Å²) in [7, 11) is 0. The van der Waals surface area contributed by atoms with Crippen LogP contribution in [0.15, 0.2) is 206 Å². The molecule has 12 aromatic rings. The van der Waals surface area contributed by atoms with Crippen LogP contribution in [0, 0.1) is 0 Å². The number of hydrogen-bond donors (Lipinski definition) is 0. The van der Waals surface area contributed by atoms with Gasteiger partial charge in [0.05, 0.1) is 27.1 Å². The first-order chi connectivity index (χ1) is 28.3. The number of aromatic nitrogens is 1. The topological polar surface area (TPSA) is 8.17 Å². The van der Waals surface area contributed by atoms with E-state index in [1.807, 2.05) is 11.3 Å². The van der Waals surface area contributed by atoms with Crippen molar-refractivity contribution in [2.45, 2.75) is 0 Å². The molecule has 10 aromatic carbocycles. The van der Waals surface area contributed by atoms with Crippen molar-refractivity contribution in [3.63, 3.8) is 0 Å². The van der Waals surface area contributed by atoms with E-state index in [0.717, 1.165) is 5.69 Å². The van der Waals surface area contributed by atoms with E-state index >= 15 is 0 Å². The largest absolute Gasteiger partial charge is 0.309 e. The second-order valence-electron chi connectivity index (χ2n) is 14.9. The third kappa shape index (κ3) is 5.03. The summed E-state index contributed by atoms with van der Waals surface area (Å²) in [6, 6.07) is 75.8. The van der Waals surface area contributed by atoms with E-state index in [4.69, 9.17) is 0 Å². The lowest BCUT2D eigenvalue weighted by Gasteiger charge is -2.28. The zero-order valence-electron chi connectivity index (χ0n) is 30.9. The van der Waals surface area contributed by atoms with Crippen molar-refractivity contribution in [2.24, 2.45) is 0 Å². The van der Waals surface area contributed by atoms with Gasteiger partial charge in [-0.15, -0.1) is 11.3 Å². The normalized spacial score (nSPS) is 11.9. The number of benzene rings is 10. The van der Waals surface area contributed by atoms with Gasteiger partial charge in [-0.3, -0.25) is 0 Å². The molecule has 0 unspecified atom stereocenters. The van der Waals surface area contributed by atoms with E-state index in [9.17, 15) is 0 Å². The van der Waals surface area contributed by atoms with Crippen LogP contribution in [-0.2, 0) is 0 Å². The second-order valence-corrected chi connectivity index (χ2v) is 16.0. The summed E-state index contributed by atoms with van der Waals surface area (Å²) in [4.78, 5) is 2.48. The van der Waals surface area contributed by atoms with Crippen molar-refractivity contribution >= 4 is 103 Å². The second kappa shape index (κ2) is 12.7. The molecule has 0 atom stereocenters. The Morgan fingerprint density at radius 1 is 0.351 bits per heavy atom. The lowest BCUT2D eigenvalue weighted by atomic mass is 9.98. The Balaban J connectivity index is 1.03. The van der Waals surface area contributed by atoms with Crippen LogP contribution in [0.5, 0.6) is 0 Å². The molecule has 0 aliphatic rings. The minimum atomic E-state index is 1.12.